The van der Waals surface area contributed by atoms with Gasteiger partial charge in [-0.15, -0.1) is 0 Å². The fraction of sp³-hybridized carbons (Fsp3) is 0.923. The molecule has 0 spiro atoms. The minimum Gasteiger partial charge on any atom is -0.300 e. The lowest BCUT2D eigenvalue weighted by Gasteiger charge is -2.38. The summed E-state index contributed by atoms with van der Waals surface area (Å²) >= 11 is 0. The third kappa shape index (κ3) is 2.81. The largest absolute Gasteiger partial charge is 0.300 e. The van der Waals surface area contributed by atoms with Crippen LogP contribution in [0.25, 0.3) is 0 Å². The minimum absolute atomic E-state index is 0.478. The highest BCUT2D eigenvalue weighted by Gasteiger charge is 2.27. The molecule has 2 rings (SSSR count). The van der Waals surface area contributed by atoms with Crippen LogP contribution < -0.4 is 0 Å². The predicted octanol–water partition coefficient (Wildman–Crippen LogP) is 2.62. The van der Waals surface area contributed by atoms with E-state index in [4.69, 9.17) is 0 Å². The van der Waals surface area contributed by atoms with Crippen molar-refractivity contribution in [1.82, 2.24) is 4.90 Å². The molecular weight excluding hydrogens is 186 g/mol. The SMILES string of the molecule is CCN(CC1CCC1)C1CCC(=O)CC1. The smallest absolute Gasteiger partial charge is 0.133 e. The summed E-state index contributed by atoms with van der Waals surface area (Å²) in [6.07, 6.45) is 8.17. The van der Waals surface area contributed by atoms with Gasteiger partial charge in [0.05, 0.1) is 0 Å². The molecule has 2 saturated carbocycles. The summed E-state index contributed by atoms with van der Waals surface area (Å²) in [4.78, 5) is 13.8. The summed E-state index contributed by atoms with van der Waals surface area (Å²) < 4.78 is 0. The number of hydrogen-bond acceptors (Lipinski definition) is 2. The Labute approximate surface area is 93.0 Å². The molecular formula is C13H23NO. The lowest BCUT2D eigenvalue weighted by atomic mass is 9.84. The van der Waals surface area contributed by atoms with Crippen LogP contribution in [0.4, 0.5) is 0 Å². The van der Waals surface area contributed by atoms with E-state index in [9.17, 15) is 4.79 Å². The van der Waals surface area contributed by atoms with Crippen LogP contribution in [0.1, 0.15) is 51.9 Å². The second-order valence-corrected chi connectivity index (χ2v) is 5.15. The Morgan fingerprint density at radius 1 is 1.20 bits per heavy atom. The van der Waals surface area contributed by atoms with E-state index in [1.54, 1.807) is 0 Å². The van der Waals surface area contributed by atoms with E-state index in [1.165, 1.54) is 25.8 Å². The molecule has 15 heavy (non-hydrogen) atoms. The van der Waals surface area contributed by atoms with Gasteiger partial charge in [0.15, 0.2) is 0 Å². The summed E-state index contributed by atoms with van der Waals surface area (Å²) in [7, 11) is 0. The van der Waals surface area contributed by atoms with Gasteiger partial charge in [-0.25, -0.2) is 0 Å². The Hall–Kier alpha value is -0.370. The second kappa shape index (κ2) is 5.11. The van der Waals surface area contributed by atoms with Crippen LogP contribution in [0, 0.1) is 5.92 Å². The van der Waals surface area contributed by atoms with Gasteiger partial charge in [-0.2, -0.15) is 0 Å². The predicted molar refractivity (Wildman–Crippen MR) is 61.9 cm³/mol. The zero-order valence-corrected chi connectivity index (χ0v) is 9.87. The van der Waals surface area contributed by atoms with Crippen LogP contribution in [0.15, 0.2) is 0 Å². The van der Waals surface area contributed by atoms with Crippen molar-refractivity contribution < 1.29 is 4.79 Å². The molecule has 0 aromatic carbocycles. The fourth-order valence-electron chi connectivity index (χ4n) is 2.83. The molecule has 2 aliphatic rings. The molecule has 0 aliphatic heterocycles. The standard InChI is InChI=1S/C13H23NO/c1-2-14(10-11-4-3-5-11)12-6-8-13(15)9-7-12/h11-12H,2-10H2,1H3. The van der Waals surface area contributed by atoms with Gasteiger partial charge < -0.3 is 4.90 Å². The number of rotatable bonds is 4. The van der Waals surface area contributed by atoms with Gasteiger partial charge in [0, 0.05) is 25.4 Å². The van der Waals surface area contributed by atoms with Gasteiger partial charge in [0.2, 0.25) is 0 Å². The Kier molecular flexibility index (Phi) is 3.79. The van der Waals surface area contributed by atoms with E-state index in [1.807, 2.05) is 0 Å². The number of carbonyl (C=O) groups is 1. The Balaban J connectivity index is 1.79. The first-order valence-electron chi connectivity index (χ1n) is 6.55. The molecule has 0 radical (unpaired) electrons. The molecule has 0 unspecified atom stereocenters. The Morgan fingerprint density at radius 2 is 1.87 bits per heavy atom. The quantitative estimate of drug-likeness (QED) is 0.709. The normalized spacial score (nSPS) is 24.5. The first-order chi connectivity index (χ1) is 7.29. The molecule has 0 N–H and O–H groups in total. The van der Waals surface area contributed by atoms with Gasteiger partial charge in [-0.05, 0) is 38.1 Å². The summed E-state index contributed by atoms with van der Waals surface area (Å²) in [6, 6.07) is 0.702. The third-order valence-corrected chi connectivity index (χ3v) is 4.15. The highest BCUT2D eigenvalue weighted by Crippen LogP contribution is 2.29. The van der Waals surface area contributed by atoms with Crippen molar-refractivity contribution in [3.8, 4) is 0 Å². The van der Waals surface area contributed by atoms with Crippen molar-refractivity contribution >= 4 is 5.78 Å². The van der Waals surface area contributed by atoms with Crippen molar-refractivity contribution in [2.75, 3.05) is 13.1 Å². The molecule has 2 heteroatoms. The molecule has 0 amide bonds. The zero-order valence-electron chi connectivity index (χ0n) is 9.87. The van der Waals surface area contributed by atoms with E-state index >= 15 is 0 Å². The van der Waals surface area contributed by atoms with Gasteiger partial charge in [0.25, 0.3) is 0 Å². The van der Waals surface area contributed by atoms with Crippen molar-refractivity contribution in [1.29, 1.82) is 0 Å². The van der Waals surface area contributed by atoms with Gasteiger partial charge in [-0.3, -0.25) is 4.79 Å². The van der Waals surface area contributed by atoms with E-state index in [2.05, 4.69) is 11.8 Å². The van der Waals surface area contributed by atoms with E-state index < -0.39 is 0 Å². The average molecular weight is 209 g/mol. The van der Waals surface area contributed by atoms with Gasteiger partial charge in [-0.1, -0.05) is 13.3 Å². The summed E-state index contributed by atoms with van der Waals surface area (Å²) in [5, 5.41) is 0. The monoisotopic (exact) mass is 209 g/mol. The Bertz CT molecular complexity index is 213. The molecule has 86 valence electrons. The molecule has 0 atom stereocenters. The van der Waals surface area contributed by atoms with Crippen molar-refractivity contribution in [3.05, 3.63) is 0 Å². The summed E-state index contributed by atoms with van der Waals surface area (Å²) in [6.45, 7) is 4.71. The first-order valence-corrected chi connectivity index (χ1v) is 6.55. The molecule has 0 aromatic heterocycles. The summed E-state index contributed by atoms with van der Waals surface area (Å²) in [5.74, 6) is 1.44. The fourth-order valence-corrected chi connectivity index (χ4v) is 2.83. The van der Waals surface area contributed by atoms with Crippen LogP contribution in [-0.2, 0) is 4.79 Å². The topological polar surface area (TPSA) is 20.3 Å². The van der Waals surface area contributed by atoms with Crippen LogP contribution in [0.2, 0.25) is 0 Å². The van der Waals surface area contributed by atoms with E-state index in [0.29, 0.717) is 11.8 Å². The van der Waals surface area contributed by atoms with E-state index in [0.717, 1.165) is 38.1 Å². The van der Waals surface area contributed by atoms with Crippen molar-refractivity contribution in [3.63, 3.8) is 0 Å². The maximum absolute atomic E-state index is 11.2. The third-order valence-electron chi connectivity index (χ3n) is 4.15. The second-order valence-electron chi connectivity index (χ2n) is 5.15. The van der Waals surface area contributed by atoms with Crippen molar-refractivity contribution in [2.45, 2.75) is 57.9 Å². The zero-order chi connectivity index (χ0) is 10.7. The average Bonchev–Trinajstić information content (AvgIpc) is 2.19. The molecule has 2 nitrogen and oxygen atoms in total. The van der Waals surface area contributed by atoms with Gasteiger partial charge in [0.1, 0.15) is 5.78 Å². The van der Waals surface area contributed by atoms with Crippen molar-refractivity contribution in [2.24, 2.45) is 5.92 Å². The Morgan fingerprint density at radius 3 is 2.33 bits per heavy atom. The molecule has 2 aliphatic carbocycles. The van der Waals surface area contributed by atoms with Gasteiger partial charge >= 0.3 is 0 Å². The highest BCUT2D eigenvalue weighted by atomic mass is 16.1. The number of Topliss-reactive ketones (excluding diaryl/α,β-unsaturated/α-hetero) is 1. The van der Waals surface area contributed by atoms with Crippen LogP contribution in [-0.4, -0.2) is 29.8 Å². The lowest BCUT2D eigenvalue weighted by molar-refractivity contribution is -0.121. The maximum atomic E-state index is 11.2. The van der Waals surface area contributed by atoms with Crippen LogP contribution >= 0.6 is 0 Å². The number of ketones is 1. The molecule has 2 fully saturated rings. The van der Waals surface area contributed by atoms with Crippen LogP contribution in [0.5, 0.6) is 0 Å². The lowest BCUT2D eigenvalue weighted by Crippen LogP contribution is -2.42. The van der Waals surface area contributed by atoms with Crippen LogP contribution in [0.3, 0.4) is 0 Å². The highest BCUT2D eigenvalue weighted by molar-refractivity contribution is 5.79. The first kappa shape index (κ1) is 11.1. The molecule has 0 saturated heterocycles. The maximum Gasteiger partial charge on any atom is 0.133 e. The molecule has 0 bridgehead atoms. The summed E-state index contributed by atoms with van der Waals surface area (Å²) in [5.41, 5.74) is 0. The minimum atomic E-state index is 0.478. The number of carbonyl (C=O) groups excluding carboxylic acids is 1. The number of nitrogens with zero attached hydrogens (tertiary/aromatic N) is 1. The number of hydrogen-bond donors (Lipinski definition) is 0. The molecule has 0 aromatic rings. The van der Waals surface area contributed by atoms with E-state index in [-0.39, 0.29) is 0 Å². The molecule has 0 heterocycles.